The van der Waals surface area contributed by atoms with Gasteiger partial charge in [0.1, 0.15) is 5.82 Å². The lowest BCUT2D eigenvalue weighted by atomic mass is 10.2. The Hall–Kier alpha value is -2.70. The minimum absolute atomic E-state index is 0.125. The van der Waals surface area contributed by atoms with Crippen molar-refractivity contribution in [1.82, 2.24) is 0 Å². The lowest BCUT2D eigenvalue weighted by Gasteiger charge is -2.08. The standard InChI is InChI=1S/C14H12F2N2O3/c1-21-14-3-2-9(4-13(14)16)8-17-11-5-10(15)6-12(7-11)18(19)20/h2-7,17H,8H2,1H3. The summed E-state index contributed by atoms with van der Waals surface area (Å²) in [5, 5.41) is 13.5. The van der Waals surface area contributed by atoms with Gasteiger partial charge >= 0.3 is 0 Å². The molecule has 0 amide bonds. The molecule has 0 radical (unpaired) electrons. The number of hydrogen-bond donors (Lipinski definition) is 1. The molecule has 110 valence electrons. The van der Waals surface area contributed by atoms with Gasteiger partial charge in [-0.1, -0.05) is 6.07 Å². The third-order valence-corrected chi connectivity index (χ3v) is 2.81. The molecule has 0 fully saturated rings. The summed E-state index contributed by atoms with van der Waals surface area (Å²) in [7, 11) is 1.36. The molecule has 0 aliphatic heterocycles. The van der Waals surface area contributed by atoms with Crippen LogP contribution in [0.5, 0.6) is 5.75 Å². The first kappa shape index (κ1) is 14.7. The van der Waals surface area contributed by atoms with Crippen LogP contribution >= 0.6 is 0 Å². The van der Waals surface area contributed by atoms with E-state index in [2.05, 4.69) is 5.32 Å². The fourth-order valence-electron chi connectivity index (χ4n) is 1.81. The molecule has 7 heteroatoms. The number of nitrogens with one attached hydrogen (secondary N) is 1. The van der Waals surface area contributed by atoms with E-state index in [0.29, 0.717) is 5.56 Å². The maximum atomic E-state index is 13.5. The number of rotatable bonds is 5. The molecule has 0 heterocycles. The molecule has 0 aliphatic carbocycles. The molecule has 1 N–H and O–H groups in total. The van der Waals surface area contributed by atoms with Gasteiger partial charge in [-0.25, -0.2) is 8.78 Å². The van der Waals surface area contributed by atoms with Gasteiger partial charge in [0.2, 0.25) is 0 Å². The molecule has 0 spiro atoms. The number of benzene rings is 2. The van der Waals surface area contributed by atoms with Crippen LogP contribution in [0.1, 0.15) is 5.56 Å². The van der Waals surface area contributed by atoms with E-state index >= 15 is 0 Å². The Kier molecular flexibility index (Phi) is 4.32. The van der Waals surface area contributed by atoms with Gasteiger partial charge in [0.25, 0.3) is 5.69 Å². The quantitative estimate of drug-likeness (QED) is 0.677. The van der Waals surface area contributed by atoms with Gasteiger partial charge in [-0.2, -0.15) is 0 Å². The average molecular weight is 294 g/mol. The normalized spacial score (nSPS) is 10.2. The highest BCUT2D eigenvalue weighted by Gasteiger charge is 2.10. The van der Waals surface area contributed by atoms with E-state index in [-0.39, 0.29) is 23.7 Å². The summed E-state index contributed by atoms with van der Waals surface area (Å²) >= 11 is 0. The van der Waals surface area contributed by atoms with Crippen molar-refractivity contribution < 1.29 is 18.4 Å². The smallest absolute Gasteiger partial charge is 0.274 e. The second-order valence-electron chi connectivity index (χ2n) is 4.28. The van der Waals surface area contributed by atoms with Crippen LogP contribution in [0.2, 0.25) is 0 Å². The molecule has 2 aromatic carbocycles. The minimum atomic E-state index is -0.715. The first-order valence-electron chi connectivity index (χ1n) is 6.01. The molecule has 0 aromatic heterocycles. The van der Waals surface area contributed by atoms with Crippen LogP contribution in [0.25, 0.3) is 0 Å². The van der Waals surface area contributed by atoms with Gasteiger partial charge < -0.3 is 10.1 Å². The Morgan fingerprint density at radius 1 is 1.24 bits per heavy atom. The topological polar surface area (TPSA) is 64.4 Å². The Morgan fingerprint density at radius 2 is 2.00 bits per heavy atom. The number of nitro benzene ring substituents is 1. The van der Waals surface area contributed by atoms with Crippen molar-refractivity contribution in [2.75, 3.05) is 12.4 Å². The van der Waals surface area contributed by atoms with Gasteiger partial charge in [-0.05, 0) is 23.8 Å². The van der Waals surface area contributed by atoms with Crippen LogP contribution in [0, 0.1) is 21.7 Å². The van der Waals surface area contributed by atoms with Crippen LogP contribution in [0.4, 0.5) is 20.2 Å². The summed E-state index contributed by atoms with van der Waals surface area (Å²) in [5.74, 6) is -1.10. The number of halogens is 2. The molecular weight excluding hydrogens is 282 g/mol. The van der Waals surface area contributed by atoms with Crippen LogP contribution < -0.4 is 10.1 Å². The van der Waals surface area contributed by atoms with Crippen molar-refractivity contribution in [1.29, 1.82) is 0 Å². The molecule has 0 atom stereocenters. The van der Waals surface area contributed by atoms with E-state index in [1.807, 2.05) is 0 Å². The second kappa shape index (κ2) is 6.17. The molecule has 0 unspecified atom stereocenters. The fourth-order valence-corrected chi connectivity index (χ4v) is 1.81. The zero-order valence-electron chi connectivity index (χ0n) is 11.1. The van der Waals surface area contributed by atoms with Gasteiger partial charge in [0.05, 0.1) is 18.1 Å². The Balaban J connectivity index is 2.12. The summed E-state index contributed by atoms with van der Waals surface area (Å²) in [6.45, 7) is 0.196. The molecule has 0 bridgehead atoms. The van der Waals surface area contributed by atoms with Gasteiger partial charge in [-0.3, -0.25) is 10.1 Å². The summed E-state index contributed by atoms with van der Waals surface area (Å²) in [6, 6.07) is 7.57. The van der Waals surface area contributed by atoms with E-state index in [9.17, 15) is 18.9 Å². The van der Waals surface area contributed by atoms with Crippen LogP contribution in [0.15, 0.2) is 36.4 Å². The summed E-state index contributed by atoms with van der Waals surface area (Å²) in [5.41, 5.74) is 0.497. The zero-order chi connectivity index (χ0) is 15.4. The fraction of sp³-hybridized carbons (Fsp3) is 0.143. The summed E-state index contributed by atoms with van der Waals surface area (Å²) in [4.78, 5) is 9.96. The molecule has 21 heavy (non-hydrogen) atoms. The van der Waals surface area contributed by atoms with E-state index in [1.165, 1.54) is 25.3 Å². The third kappa shape index (κ3) is 3.65. The maximum absolute atomic E-state index is 13.5. The van der Waals surface area contributed by atoms with Gasteiger partial charge in [-0.15, -0.1) is 0 Å². The van der Waals surface area contributed by atoms with Gasteiger partial charge in [0, 0.05) is 18.3 Å². The molecule has 0 aliphatic rings. The molecular formula is C14H12F2N2O3. The van der Waals surface area contributed by atoms with Crippen molar-refractivity contribution in [3.63, 3.8) is 0 Å². The van der Waals surface area contributed by atoms with Crippen molar-refractivity contribution in [2.24, 2.45) is 0 Å². The van der Waals surface area contributed by atoms with Crippen LogP contribution in [-0.4, -0.2) is 12.0 Å². The Bertz CT molecular complexity index is 677. The van der Waals surface area contributed by atoms with E-state index < -0.39 is 16.6 Å². The number of nitro groups is 1. The minimum Gasteiger partial charge on any atom is -0.494 e. The highest BCUT2D eigenvalue weighted by Crippen LogP contribution is 2.22. The summed E-state index contributed by atoms with van der Waals surface area (Å²) < 4.78 is 31.6. The predicted octanol–water partition coefficient (Wildman–Crippen LogP) is 3.49. The van der Waals surface area contributed by atoms with Crippen molar-refractivity contribution >= 4 is 11.4 Å². The van der Waals surface area contributed by atoms with Gasteiger partial charge in [0.15, 0.2) is 11.6 Å². The molecule has 0 saturated carbocycles. The molecule has 5 nitrogen and oxygen atoms in total. The highest BCUT2D eigenvalue weighted by molar-refractivity contribution is 5.52. The van der Waals surface area contributed by atoms with Crippen LogP contribution in [0.3, 0.4) is 0 Å². The SMILES string of the molecule is COc1ccc(CNc2cc(F)cc([N+](=O)[O-])c2)cc1F. The molecule has 2 aromatic rings. The molecule has 0 saturated heterocycles. The molecule has 2 rings (SSSR count). The number of anilines is 1. The monoisotopic (exact) mass is 294 g/mol. The van der Waals surface area contributed by atoms with Crippen molar-refractivity contribution in [3.8, 4) is 5.75 Å². The third-order valence-electron chi connectivity index (χ3n) is 2.81. The average Bonchev–Trinajstić information content (AvgIpc) is 2.44. The second-order valence-corrected chi connectivity index (χ2v) is 4.28. The largest absolute Gasteiger partial charge is 0.494 e. The van der Waals surface area contributed by atoms with Crippen LogP contribution in [-0.2, 0) is 6.54 Å². The maximum Gasteiger partial charge on any atom is 0.274 e. The zero-order valence-corrected chi connectivity index (χ0v) is 11.1. The Morgan fingerprint density at radius 3 is 2.62 bits per heavy atom. The summed E-state index contributed by atoms with van der Waals surface area (Å²) in [6.07, 6.45) is 0. The highest BCUT2D eigenvalue weighted by atomic mass is 19.1. The number of methoxy groups -OCH3 is 1. The number of non-ortho nitro benzene ring substituents is 1. The lowest BCUT2D eigenvalue weighted by Crippen LogP contribution is -2.01. The lowest BCUT2D eigenvalue weighted by molar-refractivity contribution is -0.385. The number of nitrogens with zero attached hydrogens (tertiary/aromatic N) is 1. The number of hydrogen-bond acceptors (Lipinski definition) is 4. The first-order chi connectivity index (χ1) is 9.99. The predicted molar refractivity (Wildman–Crippen MR) is 73.3 cm³/mol. The Labute approximate surface area is 119 Å². The first-order valence-corrected chi connectivity index (χ1v) is 6.01. The van der Waals surface area contributed by atoms with Crippen molar-refractivity contribution in [2.45, 2.75) is 6.54 Å². The van der Waals surface area contributed by atoms with E-state index in [4.69, 9.17) is 4.74 Å². The van der Waals surface area contributed by atoms with E-state index in [1.54, 1.807) is 6.07 Å². The number of ether oxygens (including phenoxy) is 1. The van der Waals surface area contributed by atoms with Crippen molar-refractivity contribution in [3.05, 3.63) is 63.7 Å². The van der Waals surface area contributed by atoms with E-state index in [0.717, 1.165) is 12.1 Å².